The normalized spacial score (nSPS) is 13.2. The average molecular weight is 252 g/mol. The first-order chi connectivity index (χ1) is 8.14. The molecule has 0 aliphatic rings. The van der Waals surface area contributed by atoms with Crippen molar-refractivity contribution in [3.05, 3.63) is 23.5 Å². The second-order valence-corrected chi connectivity index (χ2v) is 5.53. The summed E-state index contributed by atoms with van der Waals surface area (Å²) in [5, 5.41) is 11.7. The molecule has 1 unspecified atom stereocenters. The molecule has 1 heterocycles. The fourth-order valence-electron chi connectivity index (χ4n) is 1.69. The Balaban J connectivity index is 2.93. The number of aryl methyl sites for hydroxylation is 1. The van der Waals surface area contributed by atoms with Crippen molar-refractivity contribution < 1.29 is 14.7 Å². The summed E-state index contributed by atoms with van der Waals surface area (Å²) in [5.74, 6) is -1.39. The molecule has 0 bridgehead atoms. The summed E-state index contributed by atoms with van der Waals surface area (Å²) in [5.41, 5.74) is 0.868. The number of aliphatic carboxylic acids is 1. The predicted molar refractivity (Wildman–Crippen MR) is 68.5 cm³/mol. The zero-order valence-corrected chi connectivity index (χ0v) is 11.4. The summed E-state index contributed by atoms with van der Waals surface area (Å²) in [6, 6.07) is 2.59. The molecule has 18 heavy (non-hydrogen) atoms. The molecule has 0 spiro atoms. The summed E-state index contributed by atoms with van der Waals surface area (Å²) in [6.07, 6.45) is 0. The van der Waals surface area contributed by atoms with E-state index in [-0.39, 0.29) is 5.91 Å². The lowest BCUT2D eigenvalue weighted by Gasteiger charge is -2.27. The predicted octanol–water partition coefficient (Wildman–Crippen LogP) is 1.56. The smallest absolute Gasteiger partial charge is 0.326 e. The van der Waals surface area contributed by atoms with E-state index in [9.17, 15) is 9.59 Å². The fourth-order valence-corrected chi connectivity index (χ4v) is 1.69. The van der Waals surface area contributed by atoms with Gasteiger partial charge in [0.25, 0.3) is 5.91 Å². The van der Waals surface area contributed by atoms with Crippen molar-refractivity contribution in [2.24, 2.45) is 12.5 Å². The van der Waals surface area contributed by atoms with Gasteiger partial charge in [0.1, 0.15) is 11.7 Å². The van der Waals surface area contributed by atoms with Gasteiger partial charge in [0.2, 0.25) is 0 Å². The van der Waals surface area contributed by atoms with Crippen LogP contribution in [-0.4, -0.2) is 27.6 Å². The molecular formula is C13H20N2O3. The van der Waals surface area contributed by atoms with Crippen LogP contribution < -0.4 is 5.32 Å². The number of hydrogen-bond donors (Lipinski definition) is 2. The maximum absolute atomic E-state index is 12.0. The van der Waals surface area contributed by atoms with Gasteiger partial charge in [-0.25, -0.2) is 4.79 Å². The first-order valence-corrected chi connectivity index (χ1v) is 5.80. The molecule has 5 heteroatoms. The molecule has 1 amide bonds. The quantitative estimate of drug-likeness (QED) is 0.857. The van der Waals surface area contributed by atoms with Crippen molar-refractivity contribution >= 4 is 11.9 Å². The van der Waals surface area contributed by atoms with Crippen LogP contribution in [0, 0.1) is 12.3 Å². The highest BCUT2D eigenvalue weighted by molar-refractivity contribution is 5.95. The number of carbonyl (C=O) groups excluding carboxylic acids is 1. The number of carboxylic acids is 1. The maximum Gasteiger partial charge on any atom is 0.326 e. The van der Waals surface area contributed by atoms with E-state index in [4.69, 9.17) is 5.11 Å². The molecule has 1 aromatic heterocycles. The molecule has 1 rings (SSSR count). The second kappa shape index (κ2) is 4.84. The largest absolute Gasteiger partial charge is 0.480 e. The van der Waals surface area contributed by atoms with Crippen LogP contribution in [0.15, 0.2) is 12.1 Å². The summed E-state index contributed by atoms with van der Waals surface area (Å²) < 4.78 is 1.73. The van der Waals surface area contributed by atoms with Gasteiger partial charge in [-0.3, -0.25) is 4.79 Å². The van der Waals surface area contributed by atoms with Crippen molar-refractivity contribution in [1.29, 1.82) is 0 Å². The Labute approximate surface area is 107 Å². The highest BCUT2D eigenvalue weighted by Crippen LogP contribution is 2.20. The lowest BCUT2D eigenvalue weighted by Crippen LogP contribution is -2.49. The summed E-state index contributed by atoms with van der Waals surface area (Å²) in [4.78, 5) is 23.2. The zero-order chi connectivity index (χ0) is 14.1. The Hall–Kier alpha value is -1.78. The molecule has 100 valence electrons. The topological polar surface area (TPSA) is 71.3 Å². The van der Waals surface area contributed by atoms with E-state index in [0.29, 0.717) is 5.69 Å². The number of nitrogens with zero attached hydrogens (tertiary/aromatic N) is 1. The van der Waals surface area contributed by atoms with Crippen LogP contribution in [0.4, 0.5) is 0 Å². The van der Waals surface area contributed by atoms with Gasteiger partial charge in [-0.2, -0.15) is 0 Å². The van der Waals surface area contributed by atoms with E-state index in [0.717, 1.165) is 5.69 Å². The molecule has 0 saturated heterocycles. The first kappa shape index (κ1) is 14.3. The van der Waals surface area contributed by atoms with E-state index in [1.165, 1.54) is 0 Å². The first-order valence-electron chi connectivity index (χ1n) is 5.80. The van der Waals surface area contributed by atoms with E-state index < -0.39 is 17.4 Å². The van der Waals surface area contributed by atoms with Gasteiger partial charge in [-0.1, -0.05) is 20.8 Å². The molecular weight excluding hydrogens is 232 g/mol. The Morgan fingerprint density at radius 1 is 1.33 bits per heavy atom. The molecule has 0 saturated carbocycles. The van der Waals surface area contributed by atoms with Crippen molar-refractivity contribution in [3.63, 3.8) is 0 Å². The summed E-state index contributed by atoms with van der Waals surface area (Å²) >= 11 is 0. The van der Waals surface area contributed by atoms with E-state index >= 15 is 0 Å². The molecule has 1 atom stereocenters. The number of rotatable bonds is 3. The van der Waals surface area contributed by atoms with Gasteiger partial charge in [0.05, 0.1) is 0 Å². The molecule has 1 aromatic rings. The minimum Gasteiger partial charge on any atom is -0.480 e. The number of carboxylic acid groups (broad SMARTS) is 1. The van der Waals surface area contributed by atoms with Crippen molar-refractivity contribution in [2.75, 3.05) is 0 Å². The molecule has 2 N–H and O–H groups in total. The minimum atomic E-state index is -1.03. The minimum absolute atomic E-state index is 0.368. The van der Waals surface area contributed by atoms with Crippen LogP contribution in [0.2, 0.25) is 0 Å². The van der Waals surface area contributed by atoms with E-state index in [1.54, 1.807) is 38.5 Å². The third-order valence-electron chi connectivity index (χ3n) is 2.99. The highest BCUT2D eigenvalue weighted by atomic mass is 16.4. The van der Waals surface area contributed by atoms with Crippen LogP contribution >= 0.6 is 0 Å². The molecule has 0 aliphatic heterocycles. The summed E-state index contributed by atoms with van der Waals surface area (Å²) in [7, 11) is 1.77. The monoisotopic (exact) mass is 252 g/mol. The van der Waals surface area contributed by atoms with Gasteiger partial charge >= 0.3 is 5.97 Å². The zero-order valence-electron chi connectivity index (χ0n) is 11.4. The SMILES string of the molecule is Cc1ccc(C(=O)NC(C(=O)O)C(C)(C)C)n1C. The second-order valence-electron chi connectivity index (χ2n) is 5.53. The van der Waals surface area contributed by atoms with Gasteiger partial charge in [0.15, 0.2) is 0 Å². The van der Waals surface area contributed by atoms with Gasteiger partial charge in [-0.15, -0.1) is 0 Å². The number of amides is 1. The van der Waals surface area contributed by atoms with Crippen LogP contribution in [-0.2, 0) is 11.8 Å². The van der Waals surface area contributed by atoms with Crippen LogP contribution in [0.5, 0.6) is 0 Å². The van der Waals surface area contributed by atoms with Gasteiger partial charge in [0, 0.05) is 12.7 Å². The Morgan fingerprint density at radius 2 is 1.89 bits per heavy atom. The Bertz CT molecular complexity index is 469. The lowest BCUT2D eigenvalue weighted by molar-refractivity contribution is -0.142. The van der Waals surface area contributed by atoms with Crippen LogP contribution in [0.25, 0.3) is 0 Å². The fraction of sp³-hybridized carbons (Fsp3) is 0.538. The number of aromatic nitrogens is 1. The number of hydrogen-bond acceptors (Lipinski definition) is 2. The Morgan fingerprint density at radius 3 is 2.22 bits per heavy atom. The molecule has 0 radical (unpaired) electrons. The number of nitrogens with one attached hydrogen (secondary N) is 1. The molecule has 0 fully saturated rings. The highest BCUT2D eigenvalue weighted by Gasteiger charge is 2.33. The van der Waals surface area contributed by atoms with Crippen LogP contribution in [0.3, 0.4) is 0 Å². The lowest BCUT2D eigenvalue weighted by atomic mass is 9.86. The standard InChI is InChI=1S/C13H20N2O3/c1-8-6-7-9(15(8)5)11(16)14-10(12(17)18)13(2,3)4/h6-7,10H,1-5H3,(H,14,16)(H,17,18). The van der Waals surface area contributed by atoms with Crippen molar-refractivity contribution in [1.82, 2.24) is 9.88 Å². The van der Waals surface area contributed by atoms with Crippen LogP contribution in [0.1, 0.15) is 37.0 Å². The third kappa shape index (κ3) is 2.91. The third-order valence-corrected chi connectivity index (χ3v) is 2.99. The average Bonchev–Trinajstić information content (AvgIpc) is 2.54. The number of carbonyl (C=O) groups is 2. The molecule has 0 aliphatic carbocycles. The van der Waals surface area contributed by atoms with Gasteiger partial charge in [-0.05, 0) is 24.5 Å². The molecule has 0 aromatic carbocycles. The van der Waals surface area contributed by atoms with Gasteiger partial charge < -0.3 is 15.0 Å². The van der Waals surface area contributed by atoms with Crippen molar-refractivity contribution in [3.8, 4) is 0 Å². The molecule has 5 nitrogen and oxygen atoms in total. The van der Waals surface area contributed by atoms with E-state index in [1.807, 2.05) is 13.0 Å². The maximum atomic E-state index is 12.0. The van der Waals surface area contributed by atoms with E-state index in [2.05, 4.69) is 5.32 Å². The van der Waals surface area contributed by atoms with Crippen molar-refractivity contribution in [2.45, 2.75) is 33.7 Å². The summed E-state index contributed by atoms with van der Waals surface area (Å²) in [6.45, 7) is 7.22. The Kier molecular flexibility index (Phi) is 3.84.